The van der Waals surface area contributed by atoms with Gasteiger partial charge in [0.25, 0.3) is 0 Å². The summed E-state index contributed by atoms with van der Waals surface area (Å²) in [5, 5.41) is 4.13. The fourth-order valence-corrected chi connectivity index (χ4v) is 3.85. The molecule has 0 bridgehead atoms. The van der Waals surface area contributed by atoms with Gasteiger partial charge in [-0.15, -0.1) is 0 Å². The van der Waals surface area contributed by atoms with E-state index in [9.17, 15) is 4.79 Å². The predicted octanol–water partition coefficient (Wildman–Crippen LogP) is 4.09. The van der Waals surface area contributed by atoms with E-state index < -0.39 is 0 Å². The number of anilines is 1. The Labute approximate surface area is 157 Å². The monoisotopic (exact) mass is 356 g/mol. The van der Waals surface area contributed by atoms with E-state index in [2.05, 4.69) is 20.9 Å². The maximum absolute atomic E-state index is 12.4. The van der Waals surface area contributed by atoms with E-state index >= 15 is 0 Å². The van der Waals surface area contributed by atoms with Crippen LogP contribution in [0.4, 0.5) is 5.69 Å². The average Bonchev–Trinajstić information content (AvgIpc) is 3.39. The number of rotatable bonds is 4. The first kappa shape index (κ1) is 15.9. The Kier molecular flexibility index (Phi) is 3.78. The molecule has 0 saturated carbocycles. The van der Waals surface area contributed by atoms with Gasteiger partial charge >= 0.3 is 0 Å². The first-order valence-electron chi connectivity index (χ1n) is 9.26. The van der Waals surface area contributed by atoms with Gasteiger partial charge in [0.2, 0.25) is 5.91 Å². The summed E-state index contributed by atoms with van der Waals surface area (Å²) in [5.74, 6) is 1.13. The van der Waals surface area contributed by atoms with Crippen molar-refractivity contribution in [1.82, 2.24) is 14.1 Å². The van der Waals surface area contributed by atoms with Crippen LogP contribution in [0.1, 0.15) is 12.2 Å². The van der Waals surface area contributed by atoms with E-state index in [1.807, 2.05) is 65.5 Å². The van der Waals surface area contributed by atoms with Crippen LogP contribution in [0.25, 0.3) is 22.2 Å². The van der Waals surface area contributed by atoms with E-state index in [0.29, 0.717) is 6.54 Å². The van der Waals surface area contributed by atoms with Gasteiger partial charge in [-0.1, -0.05) is 30.3 Å². The number of imidazole rings is 1. The van der Waals surface area contributed by atoms with Crippen LogP contribution in [-0.2, 0) is 24.3 Å². The van der Waals surface area contributed by atoms with Crippen molar-refractivity contribution >= 4 is 22.5 Å². The summed E-state index contributed by atoms with van der Waals surface area (Å²) in [4.78, 5) is 16.9. The van der Waals surface area contributed by atoms with Gasteiger partial charge in [-0.05, 0) is 41.6 Å². The molecule has 0 atom stereocenters. The molecule has 0 radical (unpaired) electrons. The molecule has 0 aliphatic carbocycles. The number of para-hydroxylation sites is 1. The summed E-state index contributed by atoms with van der Waals surface area (Å²) in [6.07, 6.45) is 6.12. The quantitative estimate of drug-likeness (QED) is 0.599. The van der Waals surface area contributed by atoms with Gasteiger partial charge in [0.05, 0.1) is 11.9 Å². The highest BCUT2D eigenvalue weighted by atomic mass is 16.1. The number of aryl methyl sites for hydroxylation is 1. The molecule has 5 nitrogen and oxygen atoms in total. The number of nitrogens with zero attached hydrogens (tertiary/aromatic N) is 3. The van der Waals surface area contributed by atoms with Crippen LogP contribution < -0.4 is 5.32 Å². The normalized spacial score (nSPS) is 13.0. The highest BCUT2D eigenvalue weighted by molar-refractivity contribution is 5.92. The second-order valence-corrected chi connectivity index (χ2v) is 6.94. The molecule has 4 aromatic rings. The van der Waals surface area contributed by atoms with Crippen LogP contribution in [-0.4, -0.2) is 20.0 Å². The molecule has 27 heavy (non-hydrogen) atoms. The largest absolute Gasteiger partial charge is 0.338 e. The Morgan fingerprint density at radius 1 is 1.07 bits per heavy atom. The van der Waals surface area contributed by atoms with Crippen LogP contribution >= 0.6 is 0 Å². The van der Waals surface area contributed by atoms with Crippen LogP contribution in [0.3, 0.4) is 0 Å². The predicted molar refractivity (Wildman–Crippen MR) is 107 cm³/mol. The van der Waals surface area contributed by atoms with Crippen molar-refractivity contribution in [1.29, 1.82) is 0 Å². The van der Waals surface area contributed by atoms with Crippen LogP contribution in [0.5, 0.6) is 0 Å². The number of amides is 1. The molecule has 0 unspecified atom stereocenters. The molecule has 0 spiro atoms. The highest BCUT2D eigenvalue weighted by Gasteiger charge is 2.16. The Morgan fingerprint density at radius 3 is 2.81 bits per heavy atom. The molecule has 2 aromatic heterocycles. The smallest absolute Gasteiger partial charge is 0.244 e. The summed E-state index contributed by atoms with van der Waals surface area (Å²) >= 11 is 0. The van der Waals surface area contributed by atoms with Gasteiger partial charge < -0.3 is 14.5 Å². The number of carbonyl (C=O) groups excluding carboxylic acids is 1. The van der Waals surface area contributed by atoms with Gasteiger partial charge in [-0.3, -0.25) is 4.79 Å². The van der Waals surface area contributed by atoms with Crippen molar-refractivity contribution in [2.24, 2.45) is 0 Å². The maximum Gasteiger partial charge on any atom is 0.244 e. The lowest BCUT2D eigenvalue weighted by Crippen LogP contribution is -2.18. The third-order valence-corrected chi connectivity index (χ3v) is 5.18. The van der Waals surface area contributed by atoms with E-state index in [0.717, 1.165) is 40.8 Å². The molecule has 5 heteroatoms. The zero-order valence-electron chi connectivity index (χ0n) is 14.9. The lowest BCUT2D eigenvalue weighted by Gasteiger charge is -2.09. The first-order valence-corrected chi connectivity index (χ1v) is 9.26. The van der Waals surface area contributed by atoms with Crippen molar-refractivity contribution in [3.8, 4) is 11.3 Å². The van der Waals surface area contributed by atoms with E-state index in [1.54, 1.807) is 0 Å². The van der Waals surface area contributed by atoms with Gasteiger partial charge in [-0.2, -0.15) is 0 Å². The molecule has 0 saturated heterocycles. The lowest BCUT2D eigenvalue weighted by atomic mass is 10.1. The maximum atomic E-state index is 12.4. The minimum absolute atomic E-state index is 0.0330. The molecular weight excluding hydrogens is 336 g/mol. The summed E-state index contributed by atoms with van der Waals surface area (Å²) < 4.78 is 4.25. The number of benzene rings is 2. The second-order valence-electron chi connectivity index (χ2n) is 6.94. The fourth-order valence-electron chi connectivity index (χ4n) is 3.85. The fraction of sp³-hybridized carbons (Fsp3) is 0.182. The Hall–Kier alpha value is -3.34. The standard InChI is InChI=1S/C22H20N4O/c27-22(15-25-13-11-16-4-1-2-5-19(16)25)24-18-9-7-17(8-10-18)20-14-23-21-6-3-12-26(20)21/h1-2,4-5,7-11,13-14H,3,6,12,15H2,(H,24,27). The summed E-state index contributed by atoms with van der Waals surface area (Å²) in [7, 11) is 0. The number of carbonyl (C=O) groups is 1. The number of fused-ring (bicyclic) bond motifs is 2. The van der Waals surface area contributed by atoms with Crippen molar-refractivity contribution < 1.29 is 4.79 Å². The number of hydrogen-bond acceptors (Lipinski definition) is 2. The minimum Gasteiger partial charge on any atom is -0.338 e. The Morgan fingerprint density at radius 2 is 1.93 bits per heavy atom. The van der Waals surface area contributed by atoms with Crippen molar-refractivity contribution in [2.75, 3.05) is 5.32 Å². The number of nitrogens with one attached hydrogen (secondary N) is 1. The SMILES string of the molecule is O=C(Cn1ccc2ccccc21)Nc1ccc(-c2cnc3n2CCC3)cc1. The third-order valence-electron chi connectivity index (χ3n) is 5.18. The van der Waals surface area contributed by atoms with Crippen molar-refractivity contribution in [2.45, 2.75) is 25.9 Å². The molecule has 1 aliphatic heterocycles. The minimum atomic E-state index is -0.0330. The second kappa shape index (κ2) is 6.43. The topological polar surface area (TPSA) is 51.9 Å². The molecule has 1 N–H and O–H groups in total. The van der Waals surface area contributed by atoms with E-state index in [-0.39, 0.29) is 5.91 Å². The van der Waals surface area contributed by atoms with Crippen molar-refractivity contribution in [3.63, 3.8) is 0 Å². The number of aromatic nitrogens is 3. The molecule has 1 aliphatic rings. The summed E-state index contributed by atoms with van der Waals surface area (Å²) in [6.45, 7) is 1.33. The Bertz CT molecular complexity index is 1120. The first-order chi connectivity index (χ1) is 13.3. The molecule has 2 aromatic carbocycles. The molecule has 0 fully saturated rings. The summed E-state index contributed by atoms with van der Waals surface area (Å²) in [6, 6.07) is 18.1. The van der Waals surface area contributed by atoms with Crippen LogP contribution in [0, 0.1) is 0 Å². The molecule has 5 rings (SSSR count). The third kappa shape index (κ3) is 2.91. The average molecular weight is 356 g/mol. The summed E-state index contributed by atoms with van der Waals surface area (Å²) in [5.41, 5.74) is 4.16. The zero-order chi connectivity index (χ0) is 18.2. The van der Waals surface area contributed by atoms with Gasteiger partial charge in [0, 0.05) is 30.4 Å². The Balaban J connectivity index is 1.30. The van der Waals surface area contributed by atoms with Crippen LogP contribution in [0.15, 0.2) is 67.0 Å². The van der Waals surface area contributed by atoms with Crippen molar-refractivity contribution in [3.05, 3.63) is 72.8 Å². The zero-order valence-corrected chi connectivity index (χ0v) is 14.9. The lowest BCUT2D eigenvalue weighted by molar-refractivity contribution is -0.116. The van der Waals surface area contributed by atoms with E-state index in [4.69, 9.17) is 0 Å². The molecule has 134 valence electrons. The number of hydrogen-bond donors (Lipinski definition) is 1. The van der Waals surface area contributed by atoms with E-state index in [1.165, 1.54) is 12.2 Å². The molecular formula is C22H20N4O. The van der Waals surface area contributed by atoms with Crippen LogP contribution in [0.2, 0.25) is 0 Å². The van der Waals surface area contributed by atoms with Gasteiger partial charge in [0.1, 0.15) is 12.4 Å². The van der Waals surface area contributed by atoms with Gasteiger partial charge in [0.15, 0.2) is 0 Å². The molecule has 3 heterocycles. The highest BCUT2D eigenvalue weighted by Crippen LogP contribution is 2.26. The van der Waals surface area contributed by atoms with Gasteiger partial charge in [-0.25, -0.2) is 4.98 Å². The molecule has 1 amide bonds.